The second-order valence-corrected chi connectivity index (χ2v) is 7.67. The summed E-state index contributed by atoms with van der Waals surface area (Å²) in [5, 5.41) is 24.0. The summed E-state index contributed by atoms with van der Waals surface area (Å²) in [6.07, 6.45) is 2.29. The lowest BCUT2D eigenvalue weighted by Crippen LogP contribution is -2.55. The highest BCUT2D eigenvalue weighted by Gasteiger charge is 2.28. The first kappa shape index (κ1) is 27.7. The van der Waals surface area contributed by atoms with Crippen LogP contribution in [-0.2, 0) is 20.8 Å². The maximum absolute atomic E-state index is 12.9. The van der Waals surface area contributed by atoms with E-state index < -0.39 is 35.9 Å². The van der Waals surface area contributed by atoms with Crippen LogP contribution in [0.2, 0.25) is 0 Å². The van der Waals surface area contributed by atoms with Gasteiger partial charge in [0.15, 0.2) is 5.96 Å². The monoisotopic (exact) mass is 465 g/mol. The minimum absolute atomic E-state index is 0.0532. The van der Waals surface area contributed by atoms with Crippen LogP contribution in [0.4, 0.5) is 0 Å². The molecule has 0 heterocycles. The van der Waals surface area contributed by atoms with Gasteiger partial charge < -0.3 is 43.8 Å². The van der Waals surface area contributed by atoms with E-state index in [4.69, 9.17) is 22.9 Å². The number of aliphatic imine (C=N–C) groups is 1. The van der Waals surface area contributed by atoms with Crippen molar-refractivity contribution in [1.29, 1.82) is 0 Å². The zero-order valence-corrected chi connectivity index (χ0v) is 18.6. The number of carbonyl (C=O) groups is 3. The maximum atomic E-state index is 12.9. The summed E-state index contributed by atoms with van der Waals surface area (Å²) in [7, 11) is 0. The number of carboxylic acid groups (broad SMARTS) is 1. The Kier molecular flexibility index (Phi) is 12.3. The Balaban J connectivity index is 2.89. The number of guanidine groups is 1. The van der Waals surface area contributed by atoms with Gasteiger partial charge in [0.25, 0.3) is 0 Å². The maximum Gasteiger partial charge on any atom is 0.326 e. The number of nitrogens with one attached hydrogen (secondary N) is 2. The number of nitrogens with zero attached hydrogens (tertiary/aromatic N) is 1. The van der Waals surface area contributed by atoms with E-state index in [0.29, 0.717) is 31.4 Å². The van der Waals surface area contributed by atoms with Gasteiger partial charge in [-0.25, -0.2) is 4.79 Å². The van der Waals surface area contributed by atoms with E-state index >= 15 is 0 Å². The van der Waals surface area contributed by atoms with E-state index in [2.05, 4.69) is 15.6 Å². The molecule has 0 fully saturated rings. The van der Waals surface area contributed by atoms with E-state index in [9.17, 15) is 24.6 Å². The second kappa shape index (κ2) is 14.6. The number of aliphatic carboxylic acids is 1. The number of carbonyl (C=O) groups excluding carboxylic acids is 2. The minimum atomic E-state index is -1.22. The molecule has 0 aliphatic carbocycles. The van der Waals surface area contributed by atoms with E-state index in [1.165, 1.54) is 12.1 Å². The number of hydrogen-bond acceptors (Lipinski definition) is 7. The lowest BCUT2D eigenvalue weighted by atomic mass is 10.0. The molecule has 0 saturated carbocycles. The molecule has 2 amide bonds. The summed E-state index contributed by atoms with van der Waals surface area (Å²) in [6.45, 7) is 0.702. The predicted octanol–water partition coefficient (Wildman–Crippen LogP) is -1.50. The summed E-state index contributed by atoms with van der Waals surface area (Å²) >= 11 is 0. The van der Waals surface area contributed by atoms with Gasteiger partial charge in [-0.3, -0.25) is 14.6 Å². The smallest absolute Gasteiger partial charge is 0.326 e. The van der Waals surface area contributed by atoms with Crippen LogP contribution in [0, 0.1) is 0 Å². The third-order valence-corrected chi connectivity index (χ3v) is 4.88. The Morgan fingerprint density at radius 2 is 1.58 bits per heavy atom. The third kappa shape index (κ3) is 11.2. The van der Waals surface area contributed by atoms with Crippen LogP contribution in [0.15, 0.2) is 29.3 Å². The van der Waals surface area contributed by atoms with Gasteiger partial charge in [0, 0.05) is 13.0 Å². The molecule has 0 spiro atoms. The van der Waals surface area contributed by atoms with Gasteiger partial charge in [-0.15, -0.1) is 0 Å². The number of aromatic hydroxyl groups is 1. The van der Waals surface area contributed by atoms with Crippen molar-refractivity contribution in [3.05, 3.63) is 29.8 Å². The van der Waals surface area contributed by atoms with Crippen LogP contribution in [0.25, 0.3) is 0 Å². The number of unbranched alkanes of at least 4 members (excludes halogenated alkanes) is 1. The highest BCUT2D eigenvalue weighted by molar-refractivity contribution is 5.92. The van der Waals surface area contributed by atoms with Crippen LogP contribution < -0.4 is 33.6 Å². The molecule has 0 saturated heterocycles. The standard InChI is InChI=1S/C21H35N7O5/c22-10-2-1-4-15(23)18(30)28-17(12-13-6-8-14(29)9-7-13)19(31)27-16(20(32)33)5-3-11-26-21(24)25/h6-9,15-17,29H,1-5,10-12,22-23H2,(H,27,31)(H,28,30)(H,32,33)(H4,24,25,26). The predicted molar refractivity (Wildman–Crippen MR) is 124 cm³/mol. The fourth-order valence-corrected chi connectivity index (χ4v) is 3.03. The number of benzene rings is 1. The molecule has 184 valence electrons. The Labute approximate surface area is 192 Å². The SMILES string of the molecule is NCCCCC(N)C(=O)NC(Cc1ccc(O)cc1)C(=O)NC(CCCN=C(N)N)C(=O)O. The number of phenolic OH excluding ortho intramolecular Hbond substituents is 1. The highest BCUT2D eigenvalue weighted by Crippen LogP contribution is 2.12. The number of rotatable bonds is 15. The van der Waals surface area contributed by atoms with Crippen molar-refractivity contribution in [2.45, 2.75) is 56.7 Å². The molecule has 3 atom stereocenters. The Morgan fingerprint density at radius 1 is 0.939 bits per heavy atom. The molecular formula is C21H35N7O5. The molecule has 1 aromatic rings. The van der Waals surface area contributed by atoms with Gasteiger partial charge in [-0.2, -0.15) is 0 Å². The van der Waals surface area contributed by atoms with Crippen LogP contribution >= 0.6 is 0 Å². The number of nitrogens with two attached hydrogens (primary N) is 4. The zero-order chi connectivity index (χ0) is 24.8. The highest BCUT2D eigenvalue weighted by atomic mass is 16.4. The first-order chi connectivity index (χ1) is 15.6. The van der Waals surface area contributed by atoms with E-state index in [-0.39, 0.29) is 31.1 Å². The minimum Gasteiger partial charge on any atom is -0.508 e. The first-order valence-corrected chi connectivity index (χ1v) is 10.8. The number of phenols is 1. The lowest BCUT2D eigenvalue weighted by Gasteiger charge is -2.23. The molecule has 12 nitrogen and oxygen atoms in total. The lowest BCUT2D eigenvalue weighted by molar-refractivity contribution is -0.142. The average molecular weight is 466 g/mol. The second-order valence-electron chi connectivity index (χ2n) is 7.67. The molecule has 3 unspecified atom stereocenters. The van der Waals surface area contributed by atoms with Crippen molar-refractivity contribution in [3.8, 4) is 5.75 Å². The summed E-state index contributed by atoms with van der Waals surface area (Å²) in [5.41, 5.74) is 22.5. The van der Waals surface area contributed by atoms with Crippen LogP contribution in [0.1, 0.15) is 37.7 Å². The zero-order valence-electron chi connectivity index (χ0n) is 18.6. The largest absolute Gasteiger partial charge is 0.508 e. The van der Waals surface area contributed by atoms with Gasteiger partial charge in [0.1, 0.15) is 17.8 Å². The van der Waals surface area contributed by atoms with Crippen molar-refractivity contribution in [2.75, 3.05) is 13.1 Å². The first-order valence-electron chi connectivity index (χ1n) is 10.8. The Bertz CT molecular complexity index is 797. The fraction of sp³-hybridized carbons (Fsp3) is 0.524. The van der Waals surface area contributed by atoms with E-state index in [1.807, 2.05) is 0 Å². The van der Waals surface area contributed by atoms with Crippen molar-refractivity contribution >= 4 is 23.7 Å². The molecule has 0 aliphatic heterocycles. The van der Waals surface area contributed by atoms with Crippen LogP contribution in [0.5, 0.6) is 5.75 Å². The van der Waals surface area contributed by atoms with Crippen molar-refractivity contribution in [1.82, 2.24) is 10.6 Å². The Morgan fingerprint density at radius 3 is 2.15 bits per heavy atom. The van der Waals surface area contributed by atoms with Gasteiger partial charge in [0.2, 0.25) is 11.8 Å². The van der Waals surface area contributed by atoms with Gasteiger partial charge in [-0.05, 0) is 49.9 Å². The molecule has 0 aromatic heterocycles. The van der Waals surface area contributed by atoms with Gasteiger partial charge in [-0.1, -0.05) is 18.6 Å². The summed E-state index contributed by atoms with van der Waals surface area (Å²) in [6, 6.07) is 3.02. The summed E-state index contributed by atoms with van der Waals surface area (Å²) < 4.78 is 0. The summed E-state index contributed by atoms with van der Waals surface area (Å²) in [5.74, 6) is -2.46. The van der Waals surface area contributed by atoms with Crippen LogP contribution in [0.3, 0.4) is 0 Å². The quantitative estimate of drug-likeness (QED) is 0.0853. The molecule has 12 N–H and O–H groups in total. The molecule has 12 heteroatoms. The number of amides is 2. The Hall–Kier alpha value is -3.38. The van der Waals surface area contributed by atoms with E-state index in [1.54, 1.807) is 12.1 Å². The number of carboxylic acids is 1. The molecular weight excluding hydrogens is 430 g/mol. The molecule has 1 rings (SSSR count). The molecule has 1 aromatic carbocycles. The van der Waals surface area contributed by atoms with Crippen LogP contribution in [-0.4, -0.2) is 65.2 Å². The van der Waals surface area contributed by atoms with Gasteiger partial charge in [0.05, 0.1) is 6.04 Å². The van der Waals surface area contributed by atoms with E-state index in [0.717, 1.165) is 6.42 Å². The van der Waals surface area contributed by atoms with Crippen molar-refractivity contribution in [3.63, 3.8) is 0 Å². The molecule has 0 aliphatic rings. The average Bonchev–Trinajstić information content (AvgIpc) is 2.76. The molecule has 0 radical (unpaired) electrons. The summed E-state index contributed by atoms with van der Waals surface area (Å²) in [4.78, 5) is 40.9. The fourth-order valence-electron chi connectivity index (χ4n) is 3.03. The normalized spacial score (nSPS) is 13.4. The molecule has 33 heavy (non-hydrogen) atoms. The number of hydrogen-bond donors (Lipinski definition) is 8. The molecule has 0 bridgehead atoms. The van der Waals surface area contributed by atoms with Crippen molar-refractivity contribution in [2.24, 2.45) is 27.9 Å². The van der Waals surface area contributed by atoms with Gasteiger partial charge >= 0.3 is 5.97 Å². The third-order valence-electron chi connectivity index (χ3n) is 4.88. The topological polar surface area (TPSA) is 232 Å². The van der Waals surface area contributed by atoms with Crippen molar-refractivity contribution < 1.29 is 24.6 Å².